The molecule has 0 bridgehead atoms. The summed E-state index contributed by atoms with van der Waals surface area (Å²) in [6.45, 7) is 2.75. The number of esters is 1. The fourth-order valence-electron chi connectivity index (χ4n) is 1.34. The highest BCUT2D eigenvalue weighted by molar-refractivity contribution is 5.90. The molecule has 1 aromatic carbocycles. The zero-order chi connectivity index (χ0) is 12.0. The Bertz CT molecular complexity index is 366. The van der Waals surface area contributed by atoms with E-state index in [9.17, 15) is 9.18 Å². The van der Waals surface area contributed by atoms with Crippen LogP contribution in [0.1, 0.15) is 30.1 Å². The van der Waals surface area contributed by atoms with Crippen LogP contribution in [-0.2, 0) is 4.74 Å². The van der Waals surface area contributed by atoms with Gasteiger partial charge in [-0.3, -0.25) is 0 Å². The Balaban J connectivity index is 2.82. The first-order valence-corrected chi connectivity index (χ1v) is 5.31. The van der Waals surface area contributed by atoms with Gasteiger partial charge in [0.05, 0.1) is 18.4 Å². The first kappa shape index (κ1) is 12.5. The number of unbranched alkanes of at least 4 members (excludes halogenated alkanes) is 1. The van der Waals surface area contributed by atoms with Crippen molar-refractivity contribution in [3.8, 4) is 0 Å². The van der Waals surface area contributed by atoms with Gasteiger partial charge in [-0.15, -0.1) is 0 Å². The predicted octanol–water partition coefficient (Wildman–Crippen LogP) is 2.82. The van der Waals surface area contributed by atoms with E-state index < -0.39 is 11.8 Å². The first-order chi connectivity index (χ1) is 7.70. The van der Waals surface area contributed by atoms with Gasteiger partial charge in [-0.25, -0.2) is 9.18 Å². The van der Waals surface area contributed by atoms with Crippen LogP contribution in [0.15, 0.2) is 18.2 Å². The van der Waals surface area contributed by atoms with E-state index in [1.54, 1.807) is 12.1 Å². The summed E-state index contributed by atoms with van der Waals surface area (Å²) in [6, 6.07) is 4.65. The number of carbonyl (C=O) groups is 1. The number of halogens is 1. The van der Waals surface area contributed by atoms with Gasteiger partial charge < -0.3 is 10.1 Å². The van der Waals surface area contributed by atoms with E-state index in [0.29, 0.717) is 12.2 Å². The average Bonchev–Trinajstić information content (AvgIpc) is 2.30. The molecular formula is C12H16FNO2. The molecule has 0 aliphatic rings. The standard InChI is InChI=1S/C12H16FNO2/c1-3-4-8-14-10-7-5-6-9(11(10)13)12(15)16-2/h5-7,14H,3-4,8H2,1-2H3. The van der Waals surface area contributed by atoms with Gasteiger partial charge in [0.25, 0.3) is 0 Å². The molecule has 1 rings (SSSR count). The summed E-state index contributed by atoms with van der Waals surface area (Å²) in [5.41, 5.74) is 0.306. The second-order valence-electron chi connectivity index (χ2n) is 3.44. The minimum atomic E-state index is -0.656. The third-order valence-corrected chi connectivity index (χ3v) is 2.25. The third-order valence-electron chi connectivity index (χ3n) is 2.25. The lowest BCUT2D eigenvalue weighted by molar-refractivity contribution is 0.0595. The van der Waals surface area contributed by atoms with Crippen molar-refractivity contribution in [3.05, 3.63) is 29.6 Å². The maximum Gasteiger partial charge on any atom is 0.340 e. The number of ether oxygens (including phenoxy) is 1. The molecule has 4 heteroatoms. The monoisotopic (exact) mass is 225 g/mol. The highest BCUT2D eigenvalue weighted by Gasteiger charge is 2.14. The molecule has 0 fully saturated rings. The molecule has 0 radical (unpaired) electrons. The summed E-state index contributed by atoms with van der Waals surface area (Å²) in [4.78, 5) is 11.2. The minimum absolute atomic E-state index is 0.0380. The molecule has 1 N–H and O–H groups in total. The van der Waals surface area contributed by atoms with Crippen molar-refractivity contribution in [2.75, 3.05) is 19.0 Å². The number of nitrogens with one attached hydrogen (secondary N) is 1. The summed E-state index contributed by atoms with van der Waals surface area (Å²) in [5.74, 6) is -1.21. The number of hydrogen-bond acceptors (Lipinski definition) is 3. The van der Waals surface area contributed by atoms with Gasteiger partial charge in [0.2, 0.25) is 0 Å². The van der Waals surface area contributed by atoms with Crippen LogP contribution in [0.2, 0.25) is 0 Å². The molecule has 0 saturated heterocycles. The molecule has 0 amide bonds. The van der Waals surface area contributed by atoms with Crippen molar-refractivity contribution < 1.29 is 13.9 Å². The van der Waals surface area contributed by atoms with Gasteiger partial charge in [-0.2, -0.15) is 0 Å². The fourth-order valence-corrected chi connectivity index (χ4v) is 1.34. The number of hydrogen-bond donors (Lipinski definition) is 1. The molecule has 16 heavy (non-hydrogen) atoms. The van der Waals surface area contributed by atoms with Crippen LogP contribution in [0.3, 0.4) is 0 Å². The Morgan fingerprint density at radius 1 is 1.50 bits per heavy atom. The number of carbonyl (C=O) groups excluding carboxylic acids is 1. The number of anilines is 1. The van der Waals surface area contributed by atoms with Gasteiger partial charge in [-0.1, -0.05) is 19.4 Å². The lowest BCUT2D eigenvalue weighted by Crippen LogP contribution is -2.09. The molecule has 3 nitrogen and oxygen atoms in total. The normalized spacial score (nSPS) is 9.94. The van der Waals surface area contributed by atoms with Crippen LogP contribution in [0, 0.1) is 5.82 Å². The highest BCUT2D eigenvalue weighted by atomic mass is 19.1. The molecule has 0 heterocycles. The van der Waals surface area contributed by atoms with Gasteiger partial charge in [-0.05, 0) is 18.6 Å². The van der Waals surface area contributed by atoms with E-state index in [0.717, 1.165) is 12.8 Å². The molecule has 1 aromatic rings. The maximum atomic E-state index is 13.8. The van der Waals surface area contributed by atoms with E-state index in [1.165, 1.54) is 13.2 Å². The molecule has 0 spiro atoms. The van der Waals surface area contributed by atoms with Crippen molar-refractivity contribution >= 4 is 11.7 Å². The topological polar surface area (TPSA) is 38.3 Å². The van der Waals surface area contributed by atoms with E-state index in [2.05, 4.69) is 17.0 Å². The van der Waals surface area contributed by atoms with Crippen molar-refractivity contribution in [1.82, 2.24) is 0 Å². The van der Waals surface area contributed by atoms with Crippen molar-refractivity contribution in [2.24, 2.45) is 0 Å². The molecule has 0 saturated carbocycles. The van der Waals surface area contributed by atoms with Gasteiger partial charge in [0.1, 0.15) is 0 Å². The largest absolute Gasteiger partial charge is 0.465 e. The number of methoxy groups -OCH3 is 1. The molecule has 88 valence electrons. The van der Waals surface area contributed by atoms with Crippen molar-refractivity contribution in [3.63, 3.8) is 0 Å². The average molecular weight is 225 g/mol. The molecule has 0 atom stereocenters. The van der Waals surface area contributed by atoms with Crippen LogP contribution >= 0.6 is 0 Å². The van der Waals surface area contributed by atoms with E-state index in [1.807, 2.05) is 0 Å². The zero-order valence-corrected chi connectivity index (χ0v) is 9.55. The summed E-state index contributed by atoms with van der Waals surface area (Å²) in [7, 11) is 1.24. The molecule has 0 aromatic heterocycles. The molecule has 0 unspecified atom stereocenters. The Kier molecular flexibility index (Phi) is 4.76. The second kappa shape index (κ2) is 6.10. The summed E-state index contributed by atoms with van der Waals surface area (Å²) in [6.07, 6.45) is 1.99. The van der Waals surface area contributed by atoms with Crippen LogP contribution < -0.4 is 5.32 Å². The Morgan fingerprint density at radius 3 is 2.88 bits per heavy atom. The zero-order valence-electron chi connectivity index (χ0n) is 9.55. The van der Waals surface area contributed by atoms with E-state index in [-0.39, 0.29) is 5.56 Å². The predicted molar refractivity (Wildman–Crippen MR) is 61.1 cm³/mol. The Hall–Kier alpha value is -1.58. The summed E-state index contributed by atoms with van der Waals surface area (Å²) < 4.78 is 18.3. The van der Waals surface area contributed by atoms with Gasteiger partial charge in [0.15, 0.2) is 5.82 Å². The van der Waals surface area contributed by atoms with Crippen LogP contribution in [0.25, 0.3) is 0 Å². The first-order valence-electron chi connectivity index (χ1n) is 5.31. The smallest absolute Gasteiger partial charge is 0.340 e. The lowest BCUT2D eigenvalue weighted by Gasteiger charge is -2.09. The highest BCUT2D eigenvalue weighted by Crippen LogP contribution is 2.18. The molecule has 0 aliphatic heterocycles. The number of rotatable bonds is 5. The Labute approximate surface area is 94.6 Å². The molecule has 0 aliphatic carbocycles. The van der Waals surface area contributed by atoms with Crippen LogP contribution in [0.5, 0.6) is 0 Å². The van der Waals surface area contributed by atoms with Gasteiger partial charge in [0, 0.05) is 6.54 Å². The van der Waals surface area contributed by atoms with E-state index in [4.69, 9.17) is 0 Å². The third kappa shape index (κ3) is 2.95. The second-order valence-corrected chi connectivity index (χ2v) is 3.44. The lowest BCUT2D eigenvalue weighted by atomic mass is 10.2. The van der Waals surface area contributed by atoms with Crippen LogP contribution in [-0.4, -0.2) is 19.6 Å². The van der Waals surface area contributed by atoms with Crippen LogP contribution in [0.4, 0.5) is 10.1 Å². The van der Waals surface area contributed by atoms with E-state index >= 15 is 0 Å². The quantitative estimate of drug-likeness (QED) is 0.618. The van der Waals surface area contributed by atoms with Crippen molar-refractivity contribution in [1.29, 1.82) is 0 Å². The fraction of sp³-hybridized carbons (Fsp3) is 0.417. The van der Waals surface area contributed by atoms with Gasteiger partial charge >= 0.3 is 5.97 Å². The minimum Gasteiger partial charge on any atom is -0.465 e. The Morgan fingerprint density at radius 2 is 2.25 bits per heavy atom. The SMILES string of the molecule is CCCCNc1cccc(C(=O)OC)c1F. The maximum absolute atomic E-state index is 13.8. The summed E-state index contributed by atoms with van der Waals surface area (Å²) in [5, 5.41) is 2.95. The molecular weight excluding hydrogens is 209 g/mol. The number of benzene rings is 1. The summed E-state index contributed by atoms with van der Waals surface area (Å²) >= 11 is 0. The van der Waals surface area contributed by atoms with Crippen molar-refractivity contribution in [2.45, 2.75) is 19.8 Å².